The fraction of sp³-hybridized carbons (Fsp3) is 0.100. The van der Waals surface area contributed by atoms with Gasteiger partial charge in [-0.05, 0) is 24.3 Å². The lowest BCUT2D eigenvalue weighted by Crippen LogP contribution is -1.99. The van der Waals surface area contributed by atoms with Gasteiger partial charge in [-0.3, -0.25) is 5.43 Å². The first kappa shape index (κ1) is 17.5. The molecular weight excluding hydrogens is 356 g/mol. The maximum atomic E-state index is 5.38. The summed E-state index contributed by atoms with van der Waals surface area (Å²) in [4.78, 5) is 8.63. The number of hydrogen-bond acceptors (Lipinski definition) is 7. The van der Waals surface area contributed by atoms with Crippen molar-refractivity contribution < 1.29 is 9.47 Å². The van der Waals surface area contributed by atoms with Gasteiger partial charge in [0, 0.05) is 11.6 Å². The number of aromatic nitrogens is 4. The third-order valence-corrected chi connectivity index (χ3v) is 4.18. The first-order valence-corrected chi connectivity index (χ1v) is 8.55. The number of fused-ring (bicyclic) bond motifs is 1. The highest BCUT2D eigenvalue weighted by atomic mass is 16.5. The van der Waals surface area contributed by atoms with E-state index in [2.05, 4.69) is 25.6 Å². The van der Waals surface area contributed by atoms with Crippen LogP contribution >= 0.6 is 0 Å². The number of methoxy groups -OCH3 is 2. The van der Waals surface area contributed by atoms with E-state index in [1.54, 1.807) is 37.4 Å². The topological polar surface area (TPSA) is 86.5 Å². The maximum Gasteiger partial charge on any atom is 0.168 e. The lowest BCUT2D eigenvalue weighted by Gasteiger charge is -2.07. The highest BCUT2D eigenvalue weighted by molar-refractivity contribution is 5.88. The molecule has 0 atom stereocenters. The summed E-state index contributed by atoms with van der Waals surface area (Å²) in [5, 5.41) is 9.48. The average molecular weight is 374 g/mol. The van der Waals surface area contributed by atoms with E-state index in [9.17, 15) is 0 Å². The van der Waals surface area contributed by atoms with Crippen LogP contribution in [0.15, 0.2) is 66.2 Å². The summed E-state index contributed by atoms with van der Waals surface area (Å²) in [7, 11) is 3.21. The van der Waals surface area contributed by atoms with Crippen molar-refractivity contribution in [3.8, 4) is 17.2 Å². The second-order valence-electron chi connectivity index (χ2n) is 5.83. The Labute approximate surface area is 161 Å². The molecule has 2 aromatic carbocycles. The molecule has 2 aromatic heterocycles. The van der Waals surface area contributed by atoms with E-state index in [1.807, 2.05) is 42.5 Å². The van der Waals surface area contributed by atoms with E-state index in [1.165, 1.54) is 6.33 Å². The van der Waals surface area contributed by atoms with Gasteiger partial charge in [0.1, 0.15) is 17.8 Å². The number of para-hydroxylation sites is 1. The number of hydrazone groups is 1. The maximum absolute atomic E-state index is 5.38. The molecule has 28 heavy (non-hydrogen) atoms. The summed E-state index contributed by atoms with van der Waals surface area (Å²) < 4.78 is 12.3. The molecule has 0 saturated carbocycles. The molecule has 2 heterocycles. The molecule has 0 unspecified atom stereocenters. The minimum atomic E-state index is 0.566. The normalized spacial score (nSPS) is 11.1. The van der Waals surface area contributed by atoms with E-state index in [0.29, 0.717) is 23.0 Å². The second-order valence-corrected chi connectivity index (χ2v) is 5.83. The summed E-state index contributed by atoms with van der Waals surface area (Å²) in [6.45, 7) is 0. The van der Waals surface area contributed by atoms with Gasteiger partial charge in [-0.25, -0.2) is 14.6 Å². The predicted octanol–water partition coefficient (Wildman–Crippen LogP) is 3.28. The molecule has 0 amide bonds. The van der Waals surface area contributed by atoms with Crippen molar-refractivity contribution in [2.75, 3.05) is 19.6 Å². The fourth-order valence-corrected chi connectivity index (χ4v) is 2.78. The van der Waals surface area contributed by atoms with Crippen molar-refractivity contribution in [1.82, 2.24) is 19.7 Å². The monoisotopic (exact) mass is 374 g/mol. The van der Waals surface area contributed by atoms with Crippen LogP contribution in [0.1, 0.15) is 5.56 Å². The van der Waals surface area contributed by atoms with E-state index >= 15 is 0 Å². The largest absolute Gasteiger partial charge is 0.497 e. The summed E-state index contributed by atoms with van der Waals surface area (Å²) >= 11 is 0. The van der Waals surface area contributed by atoms with Gasteiger partial charge in [0.25, 0.3) is 0 Å². The van der Waals surface area contributed by atoms with Crippen LogP contribution in [0.2, 0.25) is 0 Å². The number of rotatable bonds is 6. The van der Waals surface area contributed by atoms with Crippen LogP contribution in [0.5, 0.6) is 11.5 Å². The molecule has 0 spiro atoms. The van der Waals surface area contributed by atoms with Crippen molar-refractivity contribution >= 4 is 23.1 Å². The zero-order valence-corrected chi connectivity index (χ0v) is 15.4. The van der Waals surface area contributed by atoms with E-state index in [0.717, 1.165) is 16.6 Å². The summed E-state index contributed by atoms with van der Waals surface area (Å²) in [6, 6.07) is 15.3. The molecule has 4 aromatic rings. The molecule has 0 fully saturated rings. The van der Waals surface area contributed by atoms with Crippen LogP contribution < -0.4 is 14.9 Å². The van der Waals surface area contributed by atoms with Crippen molar-refractivity contribution in [3.63, 3.8) is 0 Å². The number of anilines is 1. The lowest BCUT2D eigenvalue weighted by molar-refractivity contribution is 0.394. The Morgan fingerprint density at radius 3 is 2.68 bits per heavy atom. The van der Waals surface area contributed by atoms with Crippen LogP contribution in [-0.2, 0) is 0 Å². The number of nitrogens with one attached hydrogen (secondary N) is 1. The van der Waals surface area contributed by atoms with Gasteiger partial charge >= 0.3 is 0 Å². The second kappa shape index (κ2) is 7.75. The van der Waals surface area contributed by atoms with E-state index in [4.69, 9.17) is 9.47 Å². The zero-order chi connectivity index (χ0) is 19.3. The molecule has 140 valence electrons. The highest BCUT2D eigenvalue weighted by Crippen LogP contribution is 2.24. The molecule has 1 N–H and O–H groups in total. The minimum absolute atomic E-state index is 0.566. The van der Waals surface area contributed by atoms with Crippen LogP contribution in [0.25, 0.3) is 16.7 Å². The summed E-state index contributed by atoms with van der Waals surface area (Å²) in [6.07, 6.45) is 4.86. The summed E-state index contributed by atoms with van der Waals surface area (Å²) in [5.41, 5.74) is 5.39. The van der Waals surface area contributed by atoms with Gasteiger partial charge in [0.2, 0.25) is 0 Å². The molecule has 0 aliphatic rings. The van der Waals surface area contributed by atoms with E-state index in [-0.39, 0.29) is 0 Å². The molecule has 0 saturated heterocycles. The first-order chi connectivity index (χ1) is 13.8. The Kier molecular flexibility index (Phi) is 4.83. The van der Waals surface area contributed by atoms with Crippen molar-refractivity contribution in [1.29, 1.82) is 0 Å². The molecule has 0 bridgehead atoms. The Morgan fingerprint density at radius 2 is 1.89 bits per heavy atom. The molecule has 0 radical (unpaired) electrons. The fourth-order valence-electron chi connectivity index (χ4n) is 2.78. The van der Waals surface area contributed by atoms with Gasteiger partial charge in [-0.2, -0.15) is 10.2 Å². The standard InChI is InChI=1S/C20H18N6O2/c1-27-16-9-8-14(18(10-16)28-2)11-23-25-19-17-12-24-26(20(17)22-13-21-19)15-6-4-3-5-7-15/h3-13H,1-2H3,(H,21,22,25)/b23-11-. The average Bonchev–Trinajstić information content (AvgIpc) is 3.19. The zero-order valence-electron chi connectivity index (χ0n) is 15.4. The number of benzene rings is 2. The third-order valence-electron chi connectivity index (χ3n) is 4.18. The molecular formula is C20H18N6O2. The van der Waals surface area contributed by atoms with Crippen LogP contribution in [0.4, 0.5) is 5.82 Å². The minimum Gasteiger partial charge on any atom is -0.497 e. The Morgan fingerprint density at radius 1 is 1.04 bits per heavy atom. The Hall–Kier alpha value is -3.94. The van der Waals surface area contributed by atoms with Gasteiger partial charge in [-0.1, -0.05) is 18.2 Å². The molecule has 0 aliphatic carbocycles. The van der Waals surface area contributed by atoms with Crippen molar-refractivity contribution in [2.45, 2.75) is 0 Å². The quantitative estimate of drug-likeness (QED) is 0.412. The van der Waals surface area contributed by atoms with Crippen molar-refractivity contribution in [2.24, 2.45) is 5.10 Å². The van der Waals surface area contributed by atoms with Crippen LogP contribution in [0, 0.1) is 0 Å². The molecule has 0 aliphatic heterocycles. The number of nitrogens with zero attached hydrogens (tertiary/aromatic N) is 5. The van der Waals surface area contributed by atoms with Gasteiger partial charge in [-0.15, -0.1) is 0 Å². The Balaban J connectivity index is 1.61. The summed E-state index contributed by atoms with van der Waals surface area (Å²) in [5.74, 6) is 1.94. The van der Waals surface area contributed by atoms with Gasteiger partial charge in [0.15, 0.2) is 11.5 Å². The molecule has 8 nitrogen and oxygen atoms in total. The predicted molar refractivity (Wildman–Crippen MR) is 107 cm³/mol. The molecule has 4 rings (SSSR count). The lowest BCUT2D eigenvalue weighted by atomic mass is 10.2. The highest BCUT2D eigenvalue weighted by Gasteiger charge is 2.10. The number of ether oxygens (including phenoxy) is 2. The van der Waals surface area contributed by atoms with Gasteiger partial charge in [0.05, 0.1) is 37.7 Å². The SMILES string of the molecule is COc1ccc(/C=N\Nc2ncnc3c2cnn3-c2ccccc2)c(OC)c1. The third kappa shape index (κ3) is 3.35. The van der Waals surface area contributed by atoms with E-state index < -0.39 is 0 Å². The number of hydrogen-bond donors (Lipinski definition) is 1. The molecule has 8 heteroatoms. The van der Waals surface area contributed by atoms with Crippen molar-refractivity contribution in [3.05, 3.63) is 66.6 Å². The van der Waals surface area contributed by atoms with Crippen LogP contribution in [0.3, 0.4) is 0 Å². The first-order valence-electron chi connectivity index (χ1n) is 8.55. The van der Waals surface area contributed by atoms with Gasteiger partial charge < -0.3 is 9.47 Å². The smallest absolute Gasteiger partial charge is 0.168 e. The van der Waals surface area contributed by atoms with Crippen LogP contribution in [-0.4, -0.2) is 40.2 Å². The Bertz CT molecular complexity index is 1120.